The highest BCUT2D eigenvalue weighted by molar-refractivity contribution is 5.24. The van der Waals surface area contributed by atoms with Gasteiger partial charge in [-0.2, -0.15) is 0 Å². The van der Waals surface area contributed by atoms with Crippen LogP contribution in [0.15, 0.2) is 0 Å². The lowest BCUT2D eigenvalue weighted by Gasteiger charge is -2.59. The highest BCUT2D eigenvalue weighted by Crippen LogP contribution is 2.74. The maximum atomic E-state index is 11.0. The van der Waals surface area contributed by atoms with Crippen LogP contribution >= 0.6 is 0 Å². The second-order valence-corrected chi connectivity index (χ2v) is 10.2. The third kappa shape index (κ3) is 1.58. The maximum absolute atomic E-state index is 11.0. The fourth-order valence-corrected chi connectivity index (χ4v) is 7.90. The minimum atomic E-state index is -0.495. The molecule has 1 aliphatic heterocycles. The van der Waals surface area contributed by atoms with Crippen molar-refractivity contribution >= 4 is 0 Å². The topological polar surface area (TPSA) is 53.0 Å². The Labute approximate surface area is 139 Å². The molecular weight excluding hydrogens is 288 g/mol. The van der Waals surface area contributed by atoms with E-state index >= 15 is 0 Å². The highest BCUT2D eigenvalue weighted by Gasteiger charge is 2.76. The van der Waals surface area contributed by atoms with Gasteiger partial charge >= 0.3 is 0 Å². The van der Waals surface area contributed by atoms with Crippen molar-refractivity contribution in [3.63, 3.8) is 0 Å². The fourth-order valence-electron chi connectivity index (χ4n) is 7.90. The summed E-state index contributed by atoms with van der Waals surface area (Å²) in [6.45, 7) is 6.89. The lowest BCUT2D eigenvalue weighted by molar-refractivity contribution is -0.143. The third-order valence-electron chi connectivity index (χ3n) is 9.62. The SMILES string of the molecule is C[C@]1(O)CC[C@@H]2[C@H]3C[C@@H]4O[C@@]45C[C@H](O)CC[C@@]5(C)[C@@H]3CC[C@@]21C. The van der Waals surface area contributed by atoms with E-state index in [1.165, 1.54) is 19.3 Å². The lowest BCUT2D eigenvalue weighted by Crippen LogP contribution is -2.59. The van der Waals surface area contributed by atoms with E-state index in [2.05, 4.69) is 20.8 Å². The van der Waals surface area contributed by atoms with Crippen LogP contribution in [0.25, 0.3) is 0 Å². The van der Waals surface area contributed by atoms with Crippen LogP contribution in [-0.4, -0.2) is 33.6 Å². The van der Waals surface area contributed by atoms with Crippen molar-refractivity contribution in [2.24, 2.45) is 28.6 Å². The van der Waals surface area contributed by atoms with Gasteiger partial charge in [0.15, 0.2) is 0 Å². The Hall–Kier alpha value is -0.120. The zero-order chi connectivity index (χ0) is 16.3. The number of ether oxygens (including phenoxy) is 1. The number of fused-ring (bicyclic) bond motifs is 4. The summed E-state index contributed by atoms with van der Waals surface area (Å²) < 4.78 is 6.35. The molecule has 3 nitrogen and oxygen atoms in total. The van der Waals surface area contributed by atoms with Crippen molar-refractivity contribution in [3.05, 3.63) is 0 Å². The van der Waals surface area contributed by atoms with E-state index in [-0.39, 0.29) is 22.5 Å². The van der Waals surface area contributed by atoms with Crippen LogP contribution in [0.5, 0.6) is 0 Å². The summed E-state index contributed by atoms with van der Waals surface area (Å²) in [6, 6.07) is 0. The zero-order valence-electron chi connectivity index (χ0n) is 14.8. The first-order valence-corrected chi connectivity index (χ1v) is 9.82. The first kappa shape index (κ1) is 15.2. The van der Waals surface area contributed by atoms with Crippen molar-refractivity contribution in [2.75, 3.05) is 0 Å². The van der Waals surface area contributed by atoms with Gasteiger partial charge in [0.2, 0.25) is 0 Å². The number of hydrogen-bond acceptors (Lipinski definition) is 3. The smallest absolute Gasteiger partial charge is 0.103 e. The van der Waals surface area contributed by atoms with E-state index in [1.807, 2.05) is 0 Å². The van der Waals surface area contributed by atoms with Crippen LogP contribution in [0.1, 0.15) is 72.1 Å². The second kappa shape index (κ2) is 4.16. The molecule has 23 heavy (non-hydrogen) atoms. The van der Waals surface area contributed by atoms with Crippen LogP contribution in [-0.2, 0) is 4.74 Å². The molecule has 5 fully saturated rings. The molecule has 0 aromatic rings. The minimum Gasteiger partial charge on any atom is -0.393 e. The molecule has 4 saturated carbocycles. The molecule has 1 heterocycles. The number of epoxide rings is 1. The third-order valence-corrected chi connectivity index (χ3v) is 9.62. The molecule has 5 aliphatic rings. The molecule has 1 spiro atoms. The van der Waals surface area contributed by atoms with Gasteiger partial charge in [-0.05, 0) is 75.0 Å². The molecule has 0 aromatic heterocycles. The zero-order valence-corrected chi connectivity index (χ0v) is 14.8. The van der Waals surface area contributed by atoms with Crippen LogP contribution in [0.4, 0.5) is 0 Å². The lowest BCUT2D eigenvalue weighted by atomic mass is 9.44. The molecule has 0 aromatic carbocycles. The van der Waals surface area contributed by atoms with Crippen molar-refractivity contribution in [3.8, 4) is 0 Å². The van der Waals surface area contributed by atoms with Gasteiger partial charge in [0.05, 0.1) is 17.8 Å². The predicted octanol–water partition coefficient (Wildman–Crippen LogP) is 3.27. The summed E-state index contributed by atoms with van der Waals surface area (Å²) in [7, 11) is 0. The van der Waals surface area contributed by atoms with Gasteiger partial charge in [0.1, 0.15) is 5.60 Å². The van der Waals surface area contributed by atoms with Crippen molar-refractivity contribution in [1.82, 2.24) is 0 Å². The normalized spacial score (nSPS) is 66.9. The number of aliphatic hydroxyl groups excluding tert-OH is 1. The number of rotatable bonds is 0. The average molecular weight is 320 g/mol. The monoisotopic (exact) mass is 320 g/mol. The van der Waals surface area contributed by atoms with Crippen LogP contribution in [0.2, 0.25) is 0 Å². The Morgan fingerprint density at radius 3 is 2.35 bits per heavy atom. The first-order chi connectivity index (χ1) is 10.7. The van der Waals surface area contributed by atoms with Crippen molar-refractivity contribution in [2.45, 2.75) is 95.5 Å². The average Bonchev–Trinajstić information content (AvgIpc) is 3.11. The van der Waals surface area contributed by atoms with Gasteiger partial charge in [-0.25, -0.2) is 0 Å². The van der Waals surface area contributed by atoms with E-state index in [4.69, 9.17) is 4.74 Å². The molecular formula is C20H32O3. The summed E-state index contributed by atoms with van der Waals surface area (Å²) in [5.74, 6) is 2.09. The Kier molecular flexibility index (Phi) is 2.74. The van der Waals surface area contributed by atoms with Crippen LogP contribution in [0, 0.1) is 28.6 Å². The minimum absolute atomic E-state index is 0.0132. The van der Waals surface area contributed by atoms with Gasteiger partial charge in [-0.15, -0.1) is 0 Å². The molecule has 3 heteroatoms. The predicted molar refractivity (Wildman–Crippen MR) is 87.9 cm³/mol. The maximum Gasteiger partial charge on any atom is 0.103 e. The fraction of sp³-hybridized carbons (Fsp3) is 1.00. The quantitative estimate of drug-likeness (QED) is 0.674. The second-order valence-electron chi connectivity index (χ2n) is 10.2. The molecule has 0 amide bonds. The van der Waals surface area contributed by atoms with Crippen molar-refractivity contribution in [1.29, 1.82) is 0 Å². The van der Waals surface area contributed by atoms with E-state index in [1.54, 1.807) is 0 Å². The summed E-state index contributed by atoms with van der Waals surface area (Å²) >= 11 is 0. The summed E-state index contributed by atoms with van der Waals surface area (Å²) in [5, 5.41) is 21.2. The molecule has 1 saturated heterocycles. The summed E-state index contributed by atoms with van der Waals surface area (Å²) in [5.41, 5.74) is -0.171. The molecule has 130 valence electrons. The Bertz CT molecular complexity index is 545. The van der Waals surface area contributed by atoms with Gasteiger partial charge in [0, 0.05) is 11.8 Å². The molecule has 9 atom stereocenters. The highest BCUT2D eigenvalue weighted by atomic mass is 16.6. The molecule has 4 aliphatic carbocycles. The summed E-state index contributed by atoms with van der Waals surface area (Å²) in [4.78, 5) is 0. The van der Waals surface area contributed by atoms with Gasteiger partial charge < -0.3 is 14.9 Å². The first-order valence-electron chi connectivity index (χ1n) is 9.82. The molecule has 2 N–H and O–H groups in total. The van der Waals surface area contributed by atoms with Gasteiger partial charge in [-0.1, -0.05) is 13.8 Å². The molecule has 0 radical (unpaired) electrons. The number of hydrogen-bond donors (Lipinski definition) is 2. The molecule has 0 bridgehead atoms. The van der Waals surface area contributed by atoms with Crippen LogP contribution in [0.3, 0.4) is 0 Å². The van der Waals surface area contributed by atoms with E-state index in [9.17, 15) is 10.2 Å². The van der Waals surface area contributed by atoms with E-state index in [0.717, 1.165) is 38.0 Å². The van der Waals surface area contributed by atoms with E-state index < -0.39 is 5.60 Å². The van der Waals surface area contributed by atoms with Crippen molar-refractivity contribution < 1.29 is 14.9 Å². The largest absolute Gasteiger partial charge is 0.393 e. The summed E-state index contributed by atoms with van der Waals surface area (Å²) in [6.07, 6.45) is 8.83. The van der Waals surface area contributed by atoms with Crippen LogP contribution < -0.4 is 0 Å². The van der Waals surface area contributed by atoms with Gasteiger partial charge in [-0.3, -0.25) is 0 Å². The Morgan fingerprint density at radius 2 is 1.57 bits per heavy atom. The Morgan fingerprint density at radius 1 is 0.913 bits per heavy atom. The van der Waals surface area contributed by atoms with Gasteiger partial charge in [0.25, 0.3) is 0 Å². The van der Waals surface area contributed by atoms with E-state index in [0.29, 0.717) is 17.9 Å². The number of aliphatic hydroxyl groups is 2. The molecule has 5 rings (SSSR count). The Balaban J connectivity index is 1.52. The standard InChI is InChI=1S/C20H32O3/c1-17-8-5-15-13(14(17)6-9-19(17,3)22)10-16-20(23-16)11-12(21)4-7-18(15,20)2/h12-16,21-22H,4-11H2,1-3H3/t12-,13-,14-,15-,16+,17+,18+,19+,20+/m1/s1. The molecule has 0 unspecified atom stereocenters.